The van der Waals surface area contributed by atoms with Gasteiger partial charge in [0.25, 0.3) is 0 Å². The Kier molecular flexibility index (Phi) is 4.22. The van der Waals surface area contributed by atoms with Crippen molar-refractivity contribution in [2.45, 2.75) is 75.7 Å². The molecular formula is C18H26O. The van der Waals surface area contributed by atoms with E-state index >= 15 is 0 Å². The van der Waals surface area contributed by atoms with Gasteiger partial charge >= 0.3 is 0 Å². The molecule has 2 saturated carbocycles. The summed E-state index contributed by atoms with van der Waals surface area (Å²) in [4.78, 5) is 0. The normalized spacial score (nSPS) is 29.3. The van der Waals surface area contributed by atoms with Crippen LogP contribution in [0.1, 0.15) is 80.8 Å². The summed E-state index contributed by atoms with van der Waals surface area (Å²) in [6.07, 6.45) is 11.2. The molecule has 0 atom stereocenters. The van der Waals surface area contributed by atoms with Gasteiger partial charge in [0.2, 0.25) is 0 Å². The van der Waals surface area contributed by atoms with Crippen molar-refractivity contribution in [3.63, 3.8) is 0 Å². The fraction of sp³-hybridized carbons (Fsp3) is 0.667. The van der Waals surface area contributed by atoms with Crippen molar-refractivity contribution < 1.29 is 5.11 Å². The lowest BCUT2D eigenvalue weighted by molar-refractivity contribution is 0.122. The van der Waals surface area contributed by atoms with E-state index in [1.165, 1.54) is 37.7 Å². The summed E-state index contributed by atoms with van der Waals surface area (Å²) in [6.45, 7) is 0. The highest BCUT2D eigenvalue weighted by molar-refractivity contribution is 5.28. The zero-order valence-electron chi connectivity index (χ0n) is 11.9. The molecule has 1 heteroatoms. The van der Waals surface area contributed by atoms with E-state index in [4.69, 9.17) is 0 Å². The SMILES string of the molecule is OC1CCC(c2ccc(C3CCCCC3)cc2)CC1. The largest absolute Gasteiger partial charge is 0.393 e. The van der Waals surface area contributed by atoms with Crippen LogP contribution < -0.4 is 0 Å². The summed E-state index contributed by atoms with van der Waals surface area (Å²) >= 11 is 0. The summed E-state index contributed by atoms with van der Waals surface area (Å²) in [5.74, 6) is 1.50. The van der Waals surface area contributed by atoms with Crippen molar-refractivity contribution in [3.8, 4) is 0 Å². The summed E-state index contributed by atoms with van der Waals surface area (Å²) in [7, 11) is 0. The summed E-state index contributed by atoms with van der Waals surface area (Å²) in [5.41, 5.74) is 3.05. The monoisotopic (exact) mass is 258 g/mol. The minimum Gasteiger partial charge on any atom is -0.393 e. The maximum atomic E-state index is 9.59. The Balaban J connectivity index is 1.65. The van der Waals surface area contributed by atoms with Crippen LogP contribution in [0.4, 0.5) is 0 Å². The second kappa shape index (κ2) is 6.09. The van der Waals surface area contributed by atoms with Gasteiger partial charge in [-0.05, 0) is 61.5 Å². The van der Waals surface area contributed by atoms with Crippen molar-refractivity contribution in [1.29, 1.82) is 0 Å². The quantitative estimate of drug-likeness (QED) is 0.811. The molecule has 0 spiro atoms. The Labute approximate surface area is 117 Å². The second-order valence-electron chi connectivity index (χ2n) is 6.51. The van der Waals surface area contributed by atoms with Crippen molar-refractivity contribution in [2.75, 3.05) is 0 Å². The first-order chi connectivity index (χ1) is 9.33. The molecule has 19 heavy (non-hydrogen) atoms. The fourth-order valence-corrected chi connectivity index (χ4v) is 3.89. The number of hydrogen-bond acceptors (Lipinski definition) is 1. The topological polar surface area (TPSA) is 20.2 Å². The number of aliphatic hydroxyl groups excluding tert-OH is 1. The van der Waals surface area contributed by atoms with E-state index in [0.717, 1.165) is 31.6 Å². The van der Waals surface area contributed by atoms with E-state index in [-0.39, 0.29) is 6.10 Å². The van der Waals surface area contributed by atoms with Gasteiger partial charge in [-0.3, -0.25) is 0 Å². The van der Waals surface area contributed by atoms with Gasteiger partial charge in [-0.1, -0.05) is 43.5 Å². The van der Waals surface area contributed by atoms with E-state index in [1.54, 1.807) is 5.56 Å². The van der Waals surface area contributed by atoms with Crippen LogP contribution >= 0.6 is 0 Å². The Bertz CT molecular complexity index is 381. The highest BCUT2D eigenvalue weighted by atomic mass is 16.3. The molecule has 1 aromatic rings. The molecule has 3 rings (SSSR count). The zero-order valence-corrected chi connectivity index (χ0v) is 11.9. The van der Waals surface area contributed by atoms with Crippen LogP contribution in [0.25, 0.3) is 0 Å². The van der Waals surface area contributed by atoms with Gasteiger partial charge in [0.05, 0.1) is 6.10 Å². The molecule has 0 aliphatic heterocycles. The van der Waals surface area contributed by atoms with E-state index < -0.39 is 0 Å². The van der Waals surface area contributed by atoms with E-state index in [0.29, 0.717) is 5.92 Å². The average Bonchev–Trinajstić information content (AvgIpc) is 2.49. The molecule has 0 radical (unpaired) electrons. The number of benzene rings is 1. The number of aliphatic hydroxyl groups is 1. The molecule has 0 saturated heterocycles. The predicted molar refractivity (Wildman–Crippen MR) is 79.5 cm³/mol. The molecule has 1 nitrogen and oxygen atoms in total. The van der Waals surface area contributed by atoms with Gasteiger partial charge < -0.3 is 5.11 Å². The minimum atomic E-state index is -0.0437. The zero-order chi connectivity index (χ0) is 13.1. The molecule has 1 N–H and O–H groups in total. The van der Waals surface area contributed by atoms with Crippen LogP contribution in [-0.2, 0) is 0 Å². The number of rotatable bonds is 2. The average molecular weight is 258 g/mol. The van der Waals surface area contributed by atoms with Gasteiger partial charge in [0.15, 0.2) is 0 Å². The van der Waals surface area contributed by atoms with Gasteiger partial charge in [-0.2, -0.15) is 0 Å². The third-order valence-corrected chi connectivity index (χ3v) is 5.18. The molecule has 0 unspecified atom stereocenters. The summed E-state index contributed by atoms with van der Waals surface area (Å²) in [6, 6.07) is 9.45. The van der Waals surface area contributed by atoms with Crippen LogP contribution in [0.15, 0.2) is 24.3 Å². The third kappa shape index (κ3) is 3.20. The smallest absolute Gasteiger partial charge is 0.0540 e. The van der Waals surface area contributed by atoms with Gasteiger partial charge in [-0.15, -0.1) is 0 Å². The van der Waals surface area contributed by atoms with Crippen LogP contribution in [0.2, 0.25) is 0 Å². The van der Waals surface area contributed by atoms with Crippen molar-refractivity contribution in [3.05, 3.63) is 35.4 Å². The van der Waals surface area contributed by atoms with Gasteiger partial charge in [0.1, 0.15) is 0 Å². The van der Waals surface area contributed by atoms with E-state index in [9.17, 15) is 5.11 Å². The molecule has 2 aliphatic carbocycles. The highest BCUT2D eigenvalue weighted by Gasteiger charge is 2.21. The Morgan fingerprint density at radius 2 is 1.11 bits per heavy atom. The van der Waals surface area contributed by atoms with E-state index in [2.05, 4.69) is 24.3 Å². The molecule has 2 aliphatic rings. The molecule has 0 aromatic heterocycles. The lowest BCUT2D eigenvalue weighted by Crippen LogP contribution is -2.17. The summed E-state index contributed by atoms with van der Waals surface area (Å²) in [5, 5.41) is 9.59. The second-order valence-corrected chi connectivity index (χ2v) is 6.51. The first-order valence-electron chi connectivity index (χ1n) is 8.11. The first-order valence-corrected chi connectivity index (χ1v) is 8.11. The highest BCUT2D eigenvalue weighted by Crippen LogP contribution is 2.36. The molecule has 0 heterocycles. The molecule has 2 fully saturated rings. The van der Waals surface area contributed by atoms with Crippen LogP contribution in [0.5, 0.6) is 0 Å². The van der Waals surface area contributed by atoms with Gasteiger partial charge in [0, 0.05) is 0 Å². The van der Waals surface area contributed by atoms with Crippen LogP contribution in [0, 0.1) is 0 Å². The van der Waals surface area contributed by atoms with Crippen LogP contribution in [0.3, 0.4) is 0 Å². The lowest BCUT2D eigenvalue weighted by Gasteiger charge is -2.26. The first kappa shape index (κ1) is 13.2. The lowest BCUT2D eigenvalue weighted by atomic mass is 9.80. The molecule has 0 amide bonds. The summed E-state index contributed by atoms with van der Waals surface area (Å²) < 4.78 is 0. The third-order valence-electron chi connectivity index (χ3n) is 5.18. The Morgan fingerprint density at radius 1 is 0.632 bits per heavy atom. The molecule has 0 bridgehead atoms. The Morgan fingerprint density at radius 3 is 1.63 bits per heavy atom. The van der Waals surface area contributed by atoms with E-state index in [1.807, 2.05) is 0 Å². The standard InChI is InChI=1S/C18H26O/c19-18-12-10-17(11-13-18)16-8-6-15(7-9-16)14-4-2-1-3-5-14/h6-9,14,17-19H,1-5,10-13H2. The Hall–Kier alpha value is -0.820. The predicted octanol–water partition coefficient (Wildman–Crippen LogP) is 4.75. The maximum absolute atomic E-state index is 9.59. The molecule has 1 aromatic carbocycles. The number of hydrogen-bond donors (Lipinski definition) is 1. The molecule has 104 valence electrons. The van der Waals surface area contributed by atoms with Crippen molar-refractivity contribution >= 4 is 0 Å². The minimum absolute atomic E-state index is 0.0437. The molecular weight excluding hydrogens is 232 g/mol. The van der Waals surface area contributed by atoms with Crippen molar-refractivity contribution in [1.82, 2.24) is 0 Å². The van der Waals surface area contributed by atoms with Crippen molar-refractivity contribution in [2.24, 2.45) is 0 Å². The maximum Gasteiger partial charge on any atom is 0.0540 e. The van der Waals surface area contributed by atoms with Crippen LogP contribution in [-0.4, -0.2) is 11.2 Å². The fourth-order valence-electron chi connectivity index (χ4n) is 3.89. The van der Waals surface area contributed by atoms with Gasteiger partial charge in [-0.25, -0.2) is 0 Å².